The van der Waals surface area contributed by atoms with Crippen LogP contribution in [0.25, 0.3) is 5.70 Å². The summed E-state index contributed by atoms with van der Waals surface area (Å²) >= 11 is 1.48. The summed E-state index contributed by atoms with van der Waals surface area (Å²) < 4.78 is 5.59. The second kappa shape index (κ2) is 11.2. The lowest BCUT2D eigenvalue weighted by molar-refractivity contribution is -0.139. The Morgan fingerprint density at radius 1 is 1.14 bits per heavy atom. The first-order valence-electron chi connectivity index (χ1n) is 12.3. The number of carbonyl (C=O) groups excluding carboxylic acids is 2. The lowest BCUT2D eigenvalue weighted by atomic mass is 9.88. The van der Waals surface area contributed by atoms with Crippen molar-refractivity contribution in [3.8, 4) is 0 Å². The molecular weight excluding hydrogens is 470 g/mol. The highest BCUT2D eigenvalue weighted by Crippen LogP contribution is 2.47. The molecule has 2 aromatic rings. The number of hydrogen-bond donors (Lipinski definition) is 1. The van der Waals surface area contributed by atoms with E-state index in [1.807, 2.05) is 54.5 Å². The van der Waals surface area contributed by atoms with Crippen LogP contribution in [-0.4, -0.2) is 35.1 Å². The molecule has 0 aromatic heterocycles. The van der Waals surface area contributed by atoms with Gasteiger partial charge in [-0.1, -0.05) is 79.7 Å². The van der Waals surface area contributed by atoms with E-state index in [9.17, 15) is 9.59 Å². The summed E-state index contributed by atoms with van der Waals surface area (Å²) in [6.07, 6.45) is 0.205. The molecule has 7 heteroatoms. The minimum atomic E-state index is -0.467. The van der Waals surface area contributed by atoms with E-state index in [0.717, 1.165) is 33.1 Å². The molecule has 2 aliphatic heterocycles. The number of nitrogens with zero attached hydrogens (tertiary/aromatic N) is 2. The van der Waals surface area contributed by atoms with Crippen LogP contribution in [0.4, 0.5) is 0 Å². The molecule has 0 unspecified atom stereocenters. The van der Waals surface area contributed by atoms with Gasteiger partial charge in [-0.15, -0.1) is 0 Å². The Morgan fingerprint density at radius 3 is 2.58 bits per heavy atom. The van der Waals surface area contributed by atoms with Gasteiger partial charge in [0.15, 0.2) is 5.17 Å². The number of hydrogen-bond acceptors (Lipinski definition) is 6. The zero-order chi connectivity index (χ0) is 25.8. The fraction of sp³-hybridized carbons (Fsp3) is 0.345. The minimum Gasteiger partial charge on any atom is -0.463 e. The third-order valence-corrected chi connectivity index (χ3v) is 7.02. The summed E-state index contributed by atoms with van der Waals surface area (Å²) in [5.41, 5.74) is 5.91. The Morgan fingerprint density at radius 2 is 1.89 bits per heavy atom. The first-order valence-corrected chi connectivity index (χ1v) is 13.2. The average Bonchev–Trinajstić information content (AvgIpc) is 3.26. The highest BCUT2D eigenvalue weighted by molar-refractivity contribution is 8.16. The van der Waals surface area contributed by atoms with Crippen molar-refractivity contribution in [3.63, 3.8) is 0 Å². The Balaban J connectivity index is 1.87. The van der Waals surface area contributed by atoms with Gasteiger partial charge in [0.2, 0.25) is 5.91 Å². The van der Waals surface area contributed by atoms with Gasteiger partial charge in [-0.2, -0.15) is 0 Å². The molecular formula is C29H33N3O3S. The van der Waals surface area contributed by atoms with Crippen LogP contribution in [0.15, 0.2) is 70.2 Å². The standard InChI is InChI=1S/C29H33N3O3S/c1-6-35-28(34)25-26(21-10-8-7-9-11-21)31-29-32(27(25)23-14-19(4)12-13-20(23)5)22(17-36-29)15-24(33)30-16-18(2)3/h7-14,17-18,27H,6,15-16H2,1-5H3,(H,30,33)/t27-/m0/s1. The molecule has 0 spiro atoms. The number of fused-ring (bicyclic) bond motifs is 1. The Bertz CT molecular complexity index is 1250. The maximum absolute atomic E-state index is 13.6. The van der Waals surface area contributed by atoms with Crippen LogP contribution in [0.3, 0.4) is 0 Å². The molecule has 2 heterocycles. The van der Waals surface area contributed by atoms with Crippen molar-refractivity contribution in [1.29, 1.82) is 0 Å². The van der Waals surface area contributed by atoms with Crippen molar-refractivity contribution < 1.29 is 14.3 Å². The zero-order valence-electron chi connectivity index (χ0n) is 21.5. The molecule has 36 heavy (non-hydrogen) atoms. The minimum absolute atomic E-state index is 0.0490. The summed E-state index contributed by atoms with van der Waals surface area (Å²) in [6, 6.07) is 15.5. The number of carbonyl (C=O) groups is 2. The van der Waals surface area contributed by atoms with Crippen LogP contribution < -0.4 is 5.32 Å². The van der Waals surface area contributed by atoms with Crippen LogP contribution in [0, 0.1) is 19.8 Å². The van der Waals surface area contributed by atoms with E-state index in [0.29, 0.717) is 23.7 Å². The molecule has 0 radical (unpaired) electrons. The fourth-order valence-electron chi connectivity index (χ4n) is 4.38. The van der Waals surface area contributed by atoms with Crippen molar-refractivity contribution in [2.45, 2.75) is 47.1 Å². The van der Waals surface area contributed by atoms with Gasteiger partial charge < -0.3 is 15.0 Å². The van der Waals surface area contributed by atoms with E-state index in [1.165, 1.54) is 11.8 Å². The Kier molecular flexibility index (Phi) is 7.99. The second-order valence-electron chi connectivity index (χ2n) is 9.48. The van der Waals surface area contributed by atoms with Gasteiger partial charge in [-0.3, -0.25) is 4.79 Å². The van der Waals surface area contributed by atoms with Crippen molar-refractivity contribution in [1.82, 2.24) is 10.2 Å². The van der Waals surface area contributed by atoms with Gasteiger partial charge >= 0.3 is 5.97 Å². The molecule has 1 amide bonds. The number of aryl methyl sites for hydroxylation is 2. The number of ether oxygens (including phenoxy) is 1. The Hall–Kier alpha value is -3.32. The molecule has 2 aliphatic rings. The summed E-state index contributed by atoms with van der Waals surface area (Å²) in [5, 5.41) is 5.73. The van der Waals surface area contributed by atoms with Gasteiger partial charge in [-0.25, -0.2) is 9.79 Å². The highest BCUT2D eigenvalue weighted by atomic mass is 32.2. The lowest BCUT2D eigenvalue weighted by Crippen LogP contribution is -2.38. The van der Waals surface area contributed by atoms with Crippen LogP contribution in [0.5, 0.6) is 0 Å². The number of amides is 1. The molecule has 0 saturated heterocycles. The molecule has 4 rings (SSSR count). The number of rotatable bonds is 8. The Labute approximate surface area is 217 Å². The quantitative estimate of drug-likeness (QED) is 0.465. The van der Waals surface area contributed by atoms with Crippen molar-refractivity contribution in [2.75, 3.05) is 13.2 Å². The predicted molar refractivity (Wildman–Crippen MR) is 146 cm³/mol. The maximum Gasteiger partial charge on any atom is 0.338 e. The first-order chi connectivity index (χ1) is 17.3. The van der Waals surface area contributed by atoms with Crippen molar-refractivity contribution in [2.24, 2.45) is 10.9 Å². The van der Waals surface area contributed by atoms with Crippen molar-refractivity contribution >= 4 is 34.5 Å². The van der Waals surface area contributed by atoms with E-state index in [4.69, 9.17) is 9.73 Å². The summed E-state index contributed by atoms with van der Waals surface area (Å²) in [6.45, 7) is 10.9. The molecule has 1 atom stereocenters. The van der Waals surface area contributed by atoms with E-state index < -0.39 is 12.0 Å². The van der Waals surface area contributed by atoms with Gasteiger partial charge in [0.1, 0.15) is 0 Å². The van der Waals surface area contributed by atoms with E-state index in [1.54, 1.807) is 6.92 Å². The molecule has 2 aromatic carbocycles. The van der Waals surface area contributed by atoms with Crippen molar-refractivity contribution in [3.05, 3.63) is 87.5 Å². The van der Waals surface area contributed by atoms with Crippen LogP contribution in [0.2, 0.25) is 0 Å². The van der Waals surface area contributed by atoms with Gasteiger partial charge in [0.25, 0.3) is 0 Å². The monoisotopic (exact) mass is 503 g/mol. The third kappa shape index (κ3) is 5.41. The third-order valence-electron chi connectivity index (χ3n) is 6.13. The second-order valence-corrected chi connectivity index (χ2v) is 10.3. The van der Waals surface area contributed by atoms with Crippen LogP contribution in [0.1, 0.15) is 55.5 Å². The molecule has 0 fully saturated rings. The number of esters is 1. The van der Waals surface area contributed by atoms with Crippen LogP contribution in [-0.2, 0) is 14.3 Å². The lowest BCUT2D eigenvalue weighted by Gasteiger charge is -2.37. The van der Waals surface area contributed by atoms with E-state index in [-0.39, 0.29) is 18.9 Å². The first kappa shape index (κ1) is 25.8. The number of aliphatic imine (C=N–C) groups is 1. The summed E-state index contributed by atoms with van der Waals surface area (Å²) in [4.78, 5) is 33.4. The van der Waals surface area contributed by atoms with Gasteiger partial charge in [-0.05, 0) is 43.2 Å². The smallest absolute Gasteiger partial charge is 0.338 e. The summed E-state index contributed by atoms with van der Waals surface area (Å²) in [7, 11) is 0. The molecule has 6 nitrogen and oxygen atoms in total. The molecule has 0 saturated carbocycles. The number of benzene rings is 2. The van der Waals surface area contributed by atoms with Gasteiger partial charge in [0, 0.05) is 17.8 Å². The van der Waals surface area contributed by atoms with Gasteiger partial charge in [0.05, 0.1) is 30.3 Å². The fourth-order valence-corrected chi connectivity index (χ4v) is 5.30. The highest BCUT2D eigenvalue weighted by Gasteiger charge is 2.42. The average molecular weight is 504 g/mol. The normalized spacial score (nSPS) is 17.1. The SMILES string of the molecule is CCOC(=O)C1=C(c2ccccc2)N=C2SC=C(CC(=O)NCC(C)C)N2[C@H]1c1cc(C)ccc1C. The molecule has 188 valence electrons. The van der Waals surface area contributed by atoms with E-state index >= 15 is 0 Å². The van der Waals surface area contributed by atoms with E-state index in [2.05, 4.69) is 37.4 Å². The largest absolute Gasteiger partial charge is 0.463 e. The molecule has 0 bridgehead atoms. The number of nitrogens with one attached hydrogen (secondary N) is 1. The summed E-state index contributed by atoms with van der Waals surface area (Å²) in [5.74, 6) is -0.0833. The maximum atomic E-state index is 13.6. The zero-order valence-corrected chi connectivity index (χ0v) is 22.3. The molecule has 0 aliphatic carbocycles. The predicted octanol–water partition coefficient (Wildman–Crippen LogP) is 5.74. The van der Waals surface area contributed by atoms with Crippen LogP contribution >= 0.6 is 11.8 Å². The number of amidine groups is 1. The topological polar surface area (TPSA) is 71.0 Å². The molecule has 1 N–H and O–H groups in total. The number of thioether (sulfide) groups is 1.